The van der Waals surface area contributed by atoms with Crippen molar-refractivity contribution in [1.82, 2.24) is 4.98 Å². The minimum atomic E-state index is -0.223. The van der Waals surface area contributed by atoms with E-state index in [9.17, 15) is 4.39 Å². The van der Waals surface area contributed by atoms with Crippen molar-refractivity contribution in [1.29, 1.82) is 0 Å². The fourth-order valence-corrected chi connectivity index (χ4v) is 1.32. The van der Waals surface area contributed by atoms with Crippen LogP contribution in [-0.2, 0) is 0 Å². The minimum Gasteiger partial charge on any atom is -0.444 e. The fraction of sp³-hybridized carbons (Fsp3) is 0.0833. The van der Waals surface area contributed by atoms with Crippen LogP contribution in [0.1, 0.15) is 12.5 Å². The van der Waals surface area contributed by atoms with E-state index in [4.69, 9.17) is 4.42 Å². The lowest BCUT2D eigenvalue weighted by Gasteiger charge is -1.99. The predicted octanol–water partition coefficient (Wildman–Crippen LogP) is 3.67. The summed E-state index contributed by atoms with van der Waals surface area (Å²) < 4.78 is 18.3. The number of nitrogens with zero attached hydrogens (tertiary/aromatic N) is 1. The van der Waals surface area contributed by atoms with E-state index in [0.29, 0.717) is 11.3 Å². The molecule has 1 aromatic carbocycles. The average molecular weight is 203 g/mol. The van der Waals surface area contributed by atoms with Crippen LogP contribution in [0.3, 0.4) is 0 Å². The quantitative estimate of drug-likeness (QED) is 0.744. The first-order valence-corrected chi connectivity index (χ1v) is 4.62. The number of rotatable bonds is 2. The number of aromatic nitrogens is 1. The first-order valence-electron chi connectivity index (χ1n) is 4.62. The van der Waals surface area contributed by atoms with Crippen LogP contribution >= 0.6 is 0 Å². The van der Waals surface area contributed by atoms with E-state index in [-0.39, 0.29) is 5.83 Å². The maximum Gasteiger partial charge on any atom is 0.181 e. The van der Waals surface area contributed by atoms with Gasteiger partial charge in [-0.15, -0.1) is 0 Å². The van der Waals surface area contributed by atoms with Crippen LogP contribution in [0.2, 0.25) is 0 Å². The Balaban J connectivity index is 2.33. The normalized spacial score (nSPS) is 11.7. The van der Waals surface area contributed by atoms with Gasteiger partial charge in [0.1, 0.15) is 5.83 Å². The van der Waals surface area contributed by atoms with Crippen molar-refractivity contribution in [2.45, 2.75) is 6.92 Å². The third-order valence-corrected chi connectivity index (χ3v) is 2.13. The Labute approximate surface area is 87.1 Å². The molecule has 0 aliphatic rings. The molecule has 76 valence electrons. The first-order chi connectivity index (χ1) is 7.31. The van der Waals surface area contributed by atoms with E-state index in [1.807, 2.05) is 0 Å². The summed E-state index contributed by atoms with van der Waals surface area (Å²) in [6.07, 6.45) is 4.43. The molecule has 0 amide bonds. The number of hydrogen-bond acceptors (Lipinski definition) is 2. The highest BCUT2D eigenvalue weighted by Gasteiger charge is 2.02. The molecule has 0 saturated carbocycles. The van der Waals surface area contributed by atoms with Crippen LogP contribution in [0.4, 0.5) is 4.39 Å². The SMILES string of the molecule is C/C=C(\F)c1ccc(-c2cnco2)cc1. The van der Waals surface area contributed by atoms with Crippen LogP contribution in [0.25, 0.3) is 17.2 Å². The monoisotopic (exact) mass is 203 g/mol. The van der Waals surface area contributed by atoms with Gasteiger partial charge in [0.2, 0.25) is 0 Å². The smallest absolute Gasteiger partial charge is 0.181 e. The van der Waals surface area contributed by atoms with E-state index in [1.54, 1.807) is 37.4 Å². The molecule has 0 aliphatic carbocycles. The Kier molecular flexibility index (Phi) is 2.63. The number of halogens is 1. The van der Waals surface area contributed by atoms with Crippen molar-refractivity contribution >= 4 is 5.83 Å². The summed E-state index contributed by atoms with van der Waals surface area (Å²) in [6.45, 7) is 1.67. The van der Waals surface area contributed by atoms with Gasteiger partial charge in [-0.1, -0.05) is 30.3 Å². The van der Waals surface area contributed by atoms with Gasteiger partial charge in [0, 0.05) is 11.1 Å². The average Bonchev–Trinajstić information content (AvgIpc) is 2.82. The molecule has 0 N–H and O–H groups in total. The molecule has 0 radical (unpaired) electrons. The molecule has 3 heteroatoms. The van der Waals surface area contributed by atoms with E-state index >= 15 is 0 Å². The lowest BCUT2D eigenvalue weighted by Crippen LogP contribution is -1.78. The van der Waals surface area contributed by atoms with Crippen LogP contribution in [0.15, 0.2) is 47.3 Å². The number of benzene rings is 1. The summed E-state index contributed by atoms with van der Waals surface area (Å²) in [6, 6.07) is 7.04. The second-order valence-electron chi connectivity index (χ2n) is 3.08. The summed E-state index contributed by atoms with van der Waals surface area (Å²) in [5.41, 5.74) is 1.46. The molecule has 0 bridgehead atoms. The van der Waals surface area contributed by atoms with Gasteiger partial charge in [0.15, 0.2) is 12.2 Å². The highest BCUT2D eigenvalue weighted by Crippen LogP contribution is 2.22. The molecular weight excluding hydrogens is 193 g/mol. The summed E-state index contributed by atoms with van der Waals surface area (Å²) >= 11 is 0. The highest BCUT2D eigenvalue weighted by atomic mass is 19.1. The zero-order valence-corrected chi connectivity index (χ0v) is 8.27. The fourth-order valence-electron chi connectivity index (χ4n) is 1.32. The van der Waals surface area contributed by atoms with Gasteiger partial charge in [-0.3, -0.25) is 0 Å². The van der Waals surface area contributed by atoms with Gasteiger partial charge in [-0.05, 0) is 6.92 Å². The van der Waals surface area contributed by atoms with Crippen LogP contribution < -0.4 is 0 Å². The molecule has 0 fully saturated rings. The van der Waals surface area contributed by atoms with Gasteiger partial charge < -0.3 is 4.42 Å². The van der Waals surface area contributed by atoms with Gasteiger partial charge in [0.05, 0.1) is 6.20 Å². The highest BCUT2D eigenvalue weighted by molar-refractivity contribution is 5.64. The van der Waals surface area contributed by atoms with Crippen LogP contribution in [0.5, 0.6) is 0 Å². The first kappa shape index (κ1) is 9.65. The number of hydrogen-bond donors (Lipinski definition) is 0. The van der Waals surface area contributed by atoms with Crippen LogP contribution in [-0.4, -0.2) is 4.98 Å². The third kappa shape index (κ3) is 1.96. The minimum absolute atomic E-state index is 0.223. The molecule has 1 aromatic heterocycles. The molecule has 1 heterocycles. The van der Waals surface area contributed by atoms with Crippen LogP contribution in [0, 0.1) is 0 Å². The largest absolute Gasteiger partial charge is 0.444 e. The van der Waals surface area contributed by atoms with Crippen molar-refractivity contribution in [2.75, 3.05) is 0 Å². The van der Waals surface area contributed by atoms with Crippen molar-refractivity contribution in [3.05, 3.63) is 48.5 Å². The lowest BCUT2D eigenvalue weighted by molar-refractivity contribution is 0.572. The molecule has 2 aromatic rings. The lowest BCUT2D eigenvalue weighted by atomic mass is 10.1. The van der Waals surface area contributed by atoms with E-state index in [1.165, 1.54) is 12.5 Å². The molecule has 0 aliphatic heterocycles. The molecule has 0 atom stereocenters. The Morgan fingerprint density at radius 1 is 1.33 bits per heavy atom. The molecule has 15 heavy (non-hydrogen) atoms. The maximum absolute atomic E-state index is 13.2. The van der Waals surface area contributed by atoms with Crippen molar-refractivity contribution in [3.63, 3.8) is 0 Å². The topological polar surface area (TPSA) is 26.0 Å². The van der Waals surface area contributed by atoms with Gasteiger partial charge in [-0.25, -0.2) is 9.37 Å². The predicted molar refractivity (Wildman–Crippen MR) is 56.7 cm³/mol. The summed E-state index contributed by atoms with van der Waals surface area (Å²) in [5, 5.41) is 0. The zero-order valence-electron chi connectivity index (χ0n) is 8.27. The van der Waals surface area contributed by atoms with Crippen molar-refractivity contribution < 1.29 is 8.81 Å². The van der Waals surface area contributed by atoms with Crippen molar-refractivity contribution in [3.8, 4) is 11.3 Å². The van der Waals surface area contributed by atoms with Gasteiger partial charge in [-0.2, -0.15) is 0 Å². The molecule has 0 unspecified atom stereocenters. The van der Waals surface area contributed by atoms with Crippen molar-refractivity contribution in [2.24, 2.45) is 0 Å². The molecule has 2 nitrogen and oxygen atoms in total. The second kappa shape index (κ2) is 4.09. The Hall–Kier alpha value is -1.90. The Bertz CT molecular complexity index is 457. The van der Waals surface area contributed by atoms with E-state index in [2.05, 4.69) is 4.98 Å². The molecule has 0 saturated heterocycles. The standard InChI is InChI=1S/C12H10FNO/c1-2-11(13)9-3-5-10(6-4-9)12-7-14-8-15-12/h2-8H,1H3/b11-2-. The van der Waals surface area contributed by atoms with E-state index < -0.39 is 0 Å². The zero-order chi connectivity index (χ0) is 10.7. The third-order valence-electron chi connectivity index (χ3n) is 2.13. The Morgan fingerprint density at radius 2 is 2.07 bits per heavy atom. The van der Waals surface area contributed by atoms with E-state index in [0.717, 1.165) is 5.56 Å². The molecular formula is C12H10FNO. The summed E-state index contributed by atoms with van der Waals surface area (Å²) in [7, 11) is 0. The summed E-state index contributed by atoms with van der Waals surface area (Å²) in [4.78, 5) is 3.82. The maximum atomic E-state index is 13.2. The number of oxazole rings is 1. The second-order valence-corrected chi connectivity index (χ2v) is 3.08. The van der Waals surface area contributed by atoms with Gasteiger partial charge in [0.25, 0.3) is 0 Å². The number of allylic oxidation sites excluding steroid dienone is 1. The molecule has 2 rings (SSSR count). The van der Waals surface area contributed by atoms with Gasteiger partial charge >= 0.3 is 0 Å². The molecule has 0 spiro atoms. The summed E-state index contributed by atoms with van der Waals surface area (Å²) in [5.74, 6) is 0.460. The Morgan fingerprint density at radius 3 is 2.60 bits per heavy atom.